The van der Waals surface area contributed by atoms with Gasteiger partial charge in [-0.2, -0.15) is 0 Å². The van der Waals surface area contributed by atoms with Crippen molar-refractivity contribution in [1.29, 1.82) is 0 Å². The van der Waals surface area contributed by atoms with Crippen molar-refractivity contribution in [2.75, 3.05) is 0 Å². The average Bonchev–Trinajstić information content (AvgIpc) is 3.11. The van der Waals surface area contributed by atoms with Crippen LogP contribution in [0.5, 0.6) is 0 Å². The Hall–Kier alpha value is -3.20. The fourth-order valence-corrected chi connectivity index (χ4v) is 3.56. The molecule has 0 saturated heterocycles. The molecule has 150 valence electrons. The van der Waals surface area contributed by atoms with Crippen LogP contribution in [-0.2, 0) is 21.5 Å². The first-order valence-corrected chi connectivity index (χ1v) is 9.27. The summed E-state index contributed by atoms with van der Waals surface area (Å²) < 4.78 is 41.0. The van der Waals surface area contributed by atoms with Crippen LogP contribution in [0.25, 0.3) is 10.6 Å². The van der Waals surface area contributed by atoms with E-state index >= 15 is 0 Å². The van der Waals surface area contributed by atoms with Gasteiger partial charge in [0.2, 0.25) is 5.91 Å². The number of halogens is 3. The number of nitrogens with zero attached hydrogens (tertiary/aromatic N) is 1. The molecule has 5 nitrogen and oxygen atoms in total. The second-order valence-electron chi connectivity index (χ2n) is 6.43. The molecule has 0 fully saturated rings. The summed E-state index contributed by atoms with van der Waals surface area (Å²) in [7, 11) is 0. The number of carbonyl (C=O) groups excluding carboxylic acids is 1. The van der Waals surface area contributed by atoms with Crippen molar-refractivity contribution in [1.82, 2.24) is 10.3 Å². The molecular formula is C20H15F3N2O3S. The Morgan fingerprint density at radius 3 is 2.55 bits per heavy atom. The van der Waals surface area contributed by atoms with Crippen molar-refractivity contribution in [2.24, 2.45) is 0 Å². The highest BCUT2D eigenvalue weighted by atomic mass is 32.1. The van der Waals surface area contributed by atoms with Crippen LogP contribution in [0.15, 0.2) is 47.8 Å². The normalized spacial score (nSPS) is 13.0. The monoisotopic (exact) mass is 420 g/mol. The molecule has 1 unspecified atom stereocenters. The van der Waals surface area contributed by atoms with Gasteiger partial charge in [0.1, 0.15) is 22.5 Å². The van der Waals surface area contributed by atoms with Gasteiger partial charge in [0.05, 0.1) is 12.1 Å². The lowest BCUT2D eigenvalue weighted by Gasteiger charge is -2.27. The molecule has 1 heterocycles. The minimum absolute atomic E-state index is 0.286. The van der Waals surface area contributed by atoms with Gasteiger partial charge in [-0.1, -0.05) is 12.1 Å². The Balaban J connectivity index is 1.80. The van der Waals surface area contributed by atoms with E-state index < -0.39 is 40.4 Å². The zero-order valence-corrected chi connectivity index (χ0v) is 15.9. The highest BCUT2D eigenvalue weighted by molar-refractivity contribution is 7.13. The number of nitrogens with one attached hydrogen (secondary N) is 1. The molecule has 2 aromatic carbocycles. The maximum atomic E-state index is 14.1. The molecule has 1 aromatic heterocycles. The Morgan fingerprint density at radius 1 is 1.14 bits per heavy atom. The summed E-state index contributed by atoms with van der Waals surface area (Å²) in [6.07, 6.45) is -0.286. The van der Waals surface area contributed by atoms with E-state index in [4.69, 9.17) is 0 Å². The summed E-state index contributed by atoms with van der Waals surface area (Å²) >= 11 is 1.19. The summed E-state index contributed by atoms with van der Waals surface area (Å²) in [5.41, 5.74) is -1.81. The predicted molar refractivity (Wildman–Crippen MR) is 101 cm³/mol. The van der Waals surface area contributed by atoms with Crippen LogP contribution < -0.4 is 5.32 Å². The molecular weight excluding hydrogens is 405 g/mol. The number of carboxylic acids is 1. The summed E-state index contributed by atoms with van der Waals surface area (Å²) in [6, 6.07) is 8.18. The molecule has 0 spiro atoms. The quantitative estimate of drug-likeness (QED) is 0.634. The lowest BCUT2D eigenvalue weighted by molar-refractivity contribution is -0.147. The van der Waals surface area contributed by atoms with Crippen LogP contribution in [0.1, 0.15) is 18.2 Å². The number of hydrogen-bond acceptors (Lipinski definition) is 4. The van der Waals surface area contributed by atoms with E-state index in [1.807, 2.05) is 0 Å². The van der Waals surface area contributed by atoms with Gasteiger partial charge >= 0.3 is 5.97 Å². The second-order valence-corrected chi connectivity index (χ2v) is 7.29. The van der Waals surface area contributed by atoms with Crippen LogP contribution in [0, 0.1) is 17.5 Å². The highest BCUT2D eigenvalue weighted by Crippen LogP contribution is 2.27. The summed E-state index contributed by atoms with van der Waals surface area (Å²) in [5, 5.41) is 13.9. The first-order chi connectivity index (χ1) is 13.7. The zero-order valence-electron chi connectivity index (χ0n) is 15.1. The number of benzene rings is 2. The molecule has 0 aliphatic carbocycles. The van der Waals surface area contributed by atoms with Crippen molar-refractivity contribution in [3.8, 4) is 10.6 Å². The Bertz CT molecular complexity index is 1090. The van der Waals surface area contributed by atoms with Gasteiger partial charge in [-0.25, -0.2) is 22.9 Å². The third kappa shape index (κ3) is 4.45. The topological polar surface area (TPSA) is 79.3 Å². The van der Waals surface area contributed by atoms with E-state index in [2.05, 4.69) is 10.3 Å². The fourth-order valence-electron chi connectivity index (χ4n) is 2.75. The molecule has 1 atom stereocenters. The van der Waals surface area contributed by atoms with Crippen molar-refractivity contribution in [3.63, 3.8) is 0 Å². The highest BCUT2D eigenvalue weighted by Gasteiger charge is 2.39. The number of rotatable bonds is 6. The maximum Gasteiger partial charge on any atom is 0.333 e. The number of aliphatic carboxylic acids is 1. The minimum atomic E-state index is -2.18. The number of carboxylic acid groups (broad SMARTS) is 1. The van der Waals surface area contributed by atoms with E-state index in [1.165, 1.54) is 29.5 Å². The van der Waals surface area contributed by atoms with Crippen LogP contribution >= 0.6 is 11.3 Å². The minimum Gasteiger partial charge on any atom is -0.479 e. The summed E-state index contributed by atoms with van der Waals surface area (Å²) in [4.78, 5) is 28.4. The van der Waals surface area contributed by atoms with E-state index in [-0.39, 0.29) is 6.42 Å². The molecule has 0 bridgehead atoms. The van der Waals surface area contributed by atoms with Crippen LogP contribution in [0.4, 0.5) is 13.2 Å². The van der Waals surface area contributed by atoms with Crippen molar-refractivity contribution >= 4 is 23.2 Å². The van der Waals surface area contributed by atoms with Gasteiger partial charge in [-0.05, 0) is 37.3 Å². The third-order valence-corrected chi connectivity index (χ3v) is 5.19. The first-order valence-electron chi connectivity index (χ1n) is 8.39. The van der Waals surface area contributed by atoms with Gasteiger partial charge in [0.15, 0.2) is 5.54 Å². The molecule has 3 aromatic rings. The predicted octanol–water partition coefficient (Wildman–Crippen LogP) is 3.89. The van der Waals surface area contributed by atoms with E-state index in [1.54, 1.807) is 11.4 Å². The Labute approximate surface area is 167 Å². The van der Waals surface area contributed by atoms with E-state index in [9.17, 15) is 27.9 Å². The number of carbonyl (C=O) groups is 2. The van der Waals surface area contributed by atoms with Gasteiger partial charge < -0.3 is 10.4 Å². The van der Waals surface area contributed by atoms with Gasteiger partial charge in [-0.15, -0.1) is 11.3 Å². The molecule has 9 heteroatoms. The first kappa shape index (κ1) is 20.5. The summed E-state index contributed by atoms with van der Waals surface area (Å²) in [5.74, 6) is -4.50. The molecule has 2 N–H and O–H groups in total. The Kier molecular flexibility index (Phi) is 5.69. The molecule has 0 saturated carbocycles. The lowest BCUT2D eigenvalue weighted by atomic mass is 9.91. The molecule has 1 amide bonds. The van der Waals surface area contributed by atoms with E-state index in [0.29, 0.717) is 16.3 Å². The average molecular weight is 420 g/mol. The number of aromatic nitrogens is 1. The second kappa shape index (κ2) is 8.04. The SMILES string of the molecule is CC(NC(=O)Cc1csc(-c2cccc(F)c2)n1)(C(=O)O)c1cc(F)ccc1F. The van der Waals surface area contributed by atoms with Gasteiger partial charge in [0.25, 0.3) is 0 Å². The molecule has 0 aliphatic heterocycles. The molecule has 0 aliphatic rings. The molecule has 29 heavy (non-hydrogen) atoms. The van der Waals surface area contributed by atoms with Crippen molar-refractivity contribution < 1.29 is 27.9 Å². The standard InChI is InChI=1S/C20H15F3N2O3S/c1-20(19(27)28,15-8-13(22)5-6-16(15)23)25-17(26)9-14-10-29-18(24-14)11-3-2-4-12(21)7-11/h2-8,10H,9H2,1H3,(H,25,26)(H,27,28). The van der Waals surface area contributed by atoms with Gasteiger partial charge in [0, 0.05) is 16.5 Å². The van der Waals surface area contributed by atoms with E-state index in [0.717, 1.165) is 25.1 Å². The number of thiazole rings is 1. The largest absolute Gasteiger partial charge is 0.479 e. The number of hydrogen-bond donors (Lipinski definition) is 2. The van der Waals surface area contributed by atoms with Crippen molar-refractivity contribution in [3.05, 3.63) is 76.6 Å². The molecule has 3 rings (SSSR count). The smallest absolute Gasteiger partial charge is 0.333 e. The fraction of sp³-hybridized carbons (Fsp3) is 0.150. The summed E-state index contributed by atoms with van der Waals surface area (Å²) in [6.45, 7) is 1.07. The lowest BCUT2D eigenvalue weighted by Crippen LogP contribution is -2.50. The third-order valence-electron chi connectivity index (χ3n) is 4.25. The Morgan fingerprint density at radius 2 is 1.86 bits per heavy atom. The molecule has 0 radical (unpaired) electrons. The van der Waals surface area contributed by atoms with Crippen LogP contribution in [0.2, 0.25) is 0 Å². The maximum absolute atomic E-state index is 14.1. The van der Waals surface area contributed by atoms with Crippen LogP contribution in [-0.4, -0.2) is 22.0 Å². The van der Waals surface area contributed by atoms with Gasteiger partial charge in [-0.3, -0.25) is 4.79 Å². The zero-order chi connectivity index (χ0) is 21.2. The van der Waals surface area contributed by atoms with Crippen LogP contribution in [0.3, 0.4) is 0 Å². The van der Waals surface area contributed by atoms with Crippen molar-refractivity contribution in [2.45, 2.75) is 18.9 Å². The number of amides is 1.